The van der Waals surface area contributed by atoms with Crippen LogP contribution < -0.4 is 10.6 Å². The van der Waals surface area contributed by atoms with Crippen molar-refractivity contribution >= 4 is 68.0 Å². The van der Waals surface area contributed by atoms with E-state index in [1.165, 1.54) is 74.5 Å². The molecule has 6 aromatic rings. The van der Waals surface area contributed by atoms with Gasteiger partial charge in [-0.15, -0.1) is 68.0 Å². The number of nitrogens with one attached hydrogen (secondary N) is 2. The van der Waals surface area contributed by atoms with E-state index in [-0.39, 0.29) is 0 Å². The number of hydrogen-bond acceptors (Lipinski definition) is 8. The van der Waals surface area contributed by atoms with Gasteiger partial charge in [-0.05, 0) is 84.3 Å². The Morgan fingerprint density at radius 1 is 0.475 bits per heavy atom. The molecule has 0 saturated heterocycles. The molecule has 7 rings (SSSR count). The van der Waals surface area contributed by atoms with Crippen LogP contribution in [0.15, 0.2) is 83.6 Å². The number of hydrogen-bond donors (Lipinski definition) is 2. The molecule has 6 aromatic heterocycles. The van der Waals surface area contributed by atoms with Crippen LogP contribution in [-0.4, -0.2) is 12.1 Å². The molecule has 2 nitrogen and oxygen atoms in total. The predicted molar refractivity (Wildman–Crippen MR) is 182 cm³/mol. The third kappa shape index (κ3) is 6.15. The highest BCUT2D eigenvalue weighted by Crippen LogP contribution is 2.40. The van der Waals surface area contributed by atoms with E-state index in [1.54, 1.807) is 0 Å². The fraction of sp³-hybridized carbons (Fsp3) is 0.250. The zero-order valence-corrected chi connectivity index (χ0v) is 26.8. The van der Waals surface area contributed by atoms with E-state index in [2.05, 4.69) is 94.2 Å². The Morgan fingerprint density at radius 3 is 1.30 bits per heavy atom. The lowest BCUT2D eigenvalue weighted by Crippen LogP contribution is -2.49. The van der Waals surface area contributed by atoms with Gasteiger partial charge in [0.25, 0.3) is 0 Å². The zero-order chi connectivity index (χ0) is 26.7. The van der Waals surface area contributed by atoms with E-state index < -0.39 is 0 Å². The van der Waals surface area contributed by atoms with Gasteiger partial charge in [-0.2, -0.15) is 0 Å². The van der Waals surface area contributed by atoms with Crippen LogP contribution in [0, 0.1) is 0 Å². The summed E-state index contributed by atoms with van der Waals surface area (Å²) < 4.78 is 0. The molecule has 2 N–H and O–H groups in total. The van der Waals surface area contributed by atoms with Crippen molar-refractivity contribution in [3.05, 3.63) is 93.3 Å². The minimum Gasteiger partial charge on any atom is -0.308 e. The normalized spacial score (nSPS) is 17.5. The third-order valence-electron chi connectivity index (χ3n) is 7.39. The molecule has 0 amide bonds. The van der Waals surface area contributed by atoms with E-state index >= 15 is 0 Å². The van der Waals surface area contributed by atoms with Crippen LogP contribution in [0.25, 0.3) is 39.0 Å². The van der Waals surface area contributed by atoms with Gasteiger partial charge in [-0.25, -0.2) is 0 Å². The van der Waals surface area contributed by atoms with Crippen molar-refractivity contribution in [2.45, 2.75) is 50.9 Å². The van der Waals surface area contributed by atoms with Crippen LogP contribution in [0.4, 0.5) is 0 Å². The lowest BCUT2D eigenvalue weighted by atomic mass is 9.90. The highest BCUT2D eigenvalue weighted by molar-refractivity contribution is 7.26. The van der Waals surface area contributed by atoms with Gasteiger partial charge >= 0.3 is 0 Å². The summed E-state index contributed by atoms with van der Waals surface area (Å²) in [5, 5.41) is 12.2. The zero-order valence-electron chi connectivity index (χ0n) is 21.9. The first-order valence-corrected chi connectivity index (χ1v) is 18.7. The minimum atomic E-state index is 0.525. The van der Waals surface area contributed by atoms with Crippen molar-refractivity contribution in [3.8, 4) is 39.0 Å². The first-order valence-electron chi connectivity index (χ1n) is 13.7. The average Bonchev–Trinajstić information content (AvgIpc) is 3.83. The van der Waals surface area contributed by atoms with Gasteiger partial charge in [0, 0.05) is 73.9 Å². The van der Waals surface area contributed by atoms with Gasteiger partial charge in [0.1, 0.15) is 0 Å². The Kier molecular flexibility index (Phi) is 8.47. The summed E-state index contributed by atoms with van der Waals surface area (Å²) in [6.07, 6.45) is 5.14. The SMILES string of the molecule is c1csc(-c2ccc(-c3ccc(CNC4CCCCC4NCc4ccc(-c5ccc(-c6cccs6)s5)s4)s3)s2)c1. The standard InChI is InChI=1S/C32H30N2S6/c1-2-6-24(34-20-22-10-12-30(38-22)32-16-14-28(40-32)26-8-4-18-36-26)23(5-1)33-19-21-9-11-29(37-21)31-15-13-27(39-31)25-7-3-17-35-25/h3-4,7-18,23-24,33-34H,1-2,5-6,19-20H2. The topological polar surface area (TPSA) is 24.1 Å². The van der Waals surface area contributed by atoms with Gasteiger partial charge in [-0.1, -0.05) is 25.0 Å². The number of rotatable bonds is 10. The van der Waals surface area contributed by atoms with Gasteiger partial charge < -0.3 is 10.6 Å². The maximum atomic E-state index is 3.92. The van der Waals surface area contributed by atoms with Gasteiger partial charge in [0.15, 0.2) is 0 Å². The Bertz CT molecular complexity index is 1510. The molecule has 1 saturated carbocycles. The molecule has 0 aliphatic heterocycles. The molecule has 6 heterocycles. The van der Waals surface area contributed by atoms with Crippen LogP contribution in [0.3, 0.4) is 0 Å². The minimum absolute atomic E-state index is 0.525. The maximum Gasteiger partial charge on any atom is 0.0449 e. The van der Waals surface area contributed by atoms with E-state index in [0.29, 0.717) is 12.1 Å². The van der Waals surface area contributed by atoms with Gasteiger partial charge in [0.05, 0.1) is 0 Å². The summed E-state index contributed by atoms with van der Waals surface area (Å²) in [5.74, 6) is 0. The third-order valence-corrected chi connectivity index (χ3v) is 14.3. The van der Waals surface area contributed by atoms with Crippen molar-refractivity contribution in [1.82, 2.24) is 10.6 Å². The predicted octanol–water partition coefficient (Wildman–Crippen LogP) is 10.9. The molecule has 2 atom stereocenters. The van der Waals surface area contributed by atoms with E-state index in [9.17, 15) is 0 Å². The van der Waals surface area contributed by atoms with Crippen LogP contribution in [0.5, 0.6) is 0 Å². The van der Waals surface area contributed by atoms with Crippen molar-refractivity contribution in [2.24, 2.45) is 0 Å². The Hall–Kier alpha value is -1.88. The summed E-state index contributed by atoms with van der Waals surface area (Å²) >= 11 is 11.3. The molecule has 1 aliphatic rings. The largest absolute Gasteiger partial charge is 0.308 e. The van der Waals surface area contributed by atoms with Crippen molar-refractivity contribution in [3.63, 3.8) is 0 Å². The van der Waals surface area contributed by atoms with Crippen molar-refractivity contribution < 1.29 is 0 Å². The van der Waals surface area contributed by atoms with Crippen LogP contribution >= 0.6 is 68.0 Å². The monoisotopic (exact) mass is 634 g/mol. The second-order valence-corrected chi connectivity index (χ2v) is 16.5. The lowest BCUT2D eigenvalue weighted by molar-refractivity contribution is 0.282. The lowest BCUT2D eigenvalue weighted by Gasteiger charge is -2.33. The second kappa shape index (κ2) is 12.5. The Balaban J connectivity index is 0.942. The summed E-state index contributed by atoms with van der Waals surface area (Å²) in [4.78, 5) is 13.8. The summed E-state index contributed by atoms with van der Waals surface area (Å²) in [6.45, 7) is 1.90. The molecular weight excluding hydrogens is 605 g/mol. The van der Waals surface area contributed by atoms with Crippen LogP contribution in [0.1, 0.15) is 35.4 Å². The molecule has 0 spiro atoms. The first kappa shape index (κ1) is 27.0. The van der Waals surface area contributed by atoms with E-state index in [1.807, 2.05) is 68.0 Å². The number of thiophene rings is 6. The Labute approximate surface area is 260 Å². The molecule has 0 bridgehead atoms. The van der Waals surface area contributed by atoms with E-state index in [0.717, 1.165) is 13.1 Å². The molecule has 2 unspecified atom stereocenters. The molecule has 0 radical (unpaired) electrons. The smallest absolute Gasteiger partial charge is 0.0449 e. The van der Waals surface area contributed by atoms with Crippen LogP contribution in [-0.2, 0) is 13.1 Å². The summed E-state index contributed by atoms with van der Waals surface area (Å²) in [7, 11) is 0. The van der Waals surface area contributed by atoms with Crippen molar-refractivity contribution in [1.29, 1.82) is 0 Å². The Morgan fingerprint density at radius 2 is 0.875 bits per heavy atom. The molecule has 1 aliphatic carbocycles. The second-order valence-electron chi connectivity index (χ2n) is 10.1. The molecule has 1 fully saturated rings. The summed E-state index contributed by atoms with van der Waals surface area (Å²) in [5.41, 5.74) is 0. The first-order chi connectivity index (χ1) is 19.8. The highest BCUT2D eigenvalue weighted by Gasteiger charge is 2.24. The molecule has 0 aromatic carbocycles. The molecular formula is C32H30N2S6. The maximum absolute atomic E-state index is 3.92. The fourth-order valence-corrected chi connectivity index (χ4v) is 11.1. The fourth-order valence-electron chi connectivity index (χ4n) is 5.34. The van der Waals surface area contributed by atoms with Gasteiger partial charge in [-0.3, -0.25) is 0 Å². The quantitative estimate of drug-likeness (QED) is 0.157. The van der Waals surface area contributed by atoms with E-state index in [4.69, 9.17) is 0 Å². The average molecular weight is 635 g/mol. The molecule has 40 heavy (non-hydrogen) atoms. The molecule has 8 heteroatoms. The van der Waals surface area contributed by atoms with Crippen molar-refractivity contribution in [2.75, 3.05) is 0 Å². The highest BCUT2D eigenvalue weighted by atomic mass is 32.1. The molecule has 204 valence electrons. The van der Waals surface area contributed by atoms with Gasteiger partial charge in [0.2, 0.25) is 0 Å². The summed E-state index contributed by atoms with van der Waals surface area (Å²) in [6, 6.07) is 28.0. The van der Waals surface area contributed by atoms with Crippen LogP contribution in [0.2, 0.25) is 0 Å².